The number of rotatable bonds is 11. The third kappa shape index (κ3) is 7.93. The molecule has 0 saturated heterocycles. The molecule has 3 rings (SSSR count). The lowest BCUT2D eigenvalue weighted by molar-refractivity contribution is -0.151. The van der Waals surface area contributed by atoms with E-state index in [0.29, 0.717) is 37.6 Å². The Balaban J connectivity index is 1.63. The Bertz CT molecular complexity index is 1080. The summed E-state index contributed by atoms with van der Waals surface area (Å²) >= 11 is 0. The number of ether oxygens (including phenoxy) is 1. The van der Waals surface area contributed by atoms with Crippen LogP contribution in [0.5, 0.6) is 0 Å². The monoisotopic (exact) mass is 510 g/mol. The Morgan fingerprint density at radius 2 is 1.73 bits per heavy atom. The van der Waals surface area contributed by atoms with Crippen molar-refractivity contribution >= 4 is 29.3 Å². The van der Waals surface area contributed by atoms with E-state index in [0.717, 1.165) is 5.56 Å². The van der Waals surface area contributed by atoms with Gasteiger partial charge in [-0.2, -0.15) is 0 Å². The van der Waals surface area contributed by atoms with Crippen LogP contribution in [0.15, 0.2) is 42.5 Å². The molecule has 3 amide bonds. The minimum Gasteiger partial charge on any atom is -0.453 e. The van der Waals surface area contributed by atoms with Gasteiger partial charge in [0.25, 0.3) is 5.91 Å². The number of hydrogen-bond donors (Lipinski definition) is 3. The standard InChI is InChI=1S/C27H38N6O4/c1-19(2)28-12-13-32(18-26(35)31(4)33-16-21-8-6-7-9-22(21)17-33)25(34)15-29-24-14-23(11-10-20(24)3)30-27(36)37-5/h6-11,14,19,28-29H,12-13,15-18H2,1-5H3,(H,30,36). The lowest BCUT2D eigenvalue weighted by Gasteiger charge is -2.31. The van der Waals surface area contributed by atoms with Gasteiger partial charge in [0, 0.05) is 50.6 Å². The van der Waals surface area contributed by atoms with Gasteiger partial charge in [-0.3, -0.25) is 19.9 Å². The second-order valence-corrected chi connectivity index (χ2v) is 9.43. The van der Waals surface area contributed by atoms with E-state index in [4.69, 9.17) is 0 Å². The van der Waals surface area contributed by atoms with Crippen LogP contribution in [-0.2, 0) is 27.4 Å². The molecule has 0 aliphatic carbocycles. The Morgan fingerprint density at radius 3 is 2.35 bits per heavy atom. The van der Waals surface area contributed by atoms with Crippen LogP contribution in [0, 0.1) is 6.92 Å². The van der Waals surface area contributed by atoms with E-state index >= 15 is 0 Å². The topological polar surface area (TPSA) is 106 Å². The van der Waals surface area contributed by atoms with Crippen molar-refractivity contribution < 1.29 is 19.1 Å². The molecule has 10 nitrogen and oxygen atoms in total. The van der Waals surface area contributed by atoms with Crippen molar-refractivity contribution in [2.24, 2.45) is 0 Å². The van der Waals surface area contributed by atoms with E-state index < -0.39 is 6.09 Å². The molecular formula is C27H38N6O4. The molecule has 0 unspecified atom stereocenters. The third-order valence-corrected chi connectivity index (χ3v) is 6.32. The third-order valence-electron chi connectivity index (χ3n) is 6.32. The number of fused-ring (bicyclic) bond motifs is 1. The van der Waals surface area contributed by atoms with E-state index in [1.807, 2.05) is 44.0 Å². The number of carbonyl (C=O) groups excluding carboxylic acids is 3. The number of aryl methyl sites for hydroxylation is 1. The van der Waals surface area contributed by atoms with E-state index in [2.05, 4.69) is 32.8 Å². The molecule has 0 spiro atoms. The molecule has 3 N–H and O–H groups in total. The SMILES string of the molecule is COC(=O)Nc1ccc(C)c(NCC(=O)N(CCNC(C)C)CC(=O)N(C)N2Cc3ccccc3C2)c1. The molecule has 0 aromatic heterocycles. The van der Waals surface area contributed by atoms with Crippen molar-refractivity contribution in [2.45, 2.75) is 39.9 Å². The minimum absolute atomic E-state index is 0.0103. The molecule has 10 heteroatoms. The van der Waals surface area contributed by atoms with Crippen LogP contribution in [0.25, 0.3) is 0 Å². The number of benzene rings is 2. The summed E-state index contributed by atoms with van der Waals surface area (Å²) in [6.07, 6.45) is -0.571. The van der Waals surface area contributed by atoms with Gasteiger partial charge in [-0.15, -0.1) is 0 Å². The highest BCUT2D eigenvalue weighted by Crippen LogP contribution is 2.23. The lowest BCUT2D eigenvalue weighted by atomic mass is 10.1. The first-order valence-electron chi connectivity index (χ1n) is 12.5. The van der Waals surface area contributed by atoms with Gasteiger partial charge in [-0.25, -0.2) is 9.80 Å². The predicted molar refractivity (Wildman–Crippen MR) is 144 cm³/mol. The van der Waals surface area contributed by atoms with Crippen LogP contribution in [-0.4, -0.2) is 79.2 Å². The van der Waals surface area contributed by atoms with E-state index in [-0.39, 0.29) is 30.9 Å². The number of anilines is 2. The minimum atomic E-state index is -0.571. The first-order valence-corrected chi connectivity index (χ1v) is 12.5. The van der Waals surface area contributed by atoms with E-state index in [1.54, 1.807) is 29.1 Å². The van der Waals surface area contributed by atoms with E-state index in [9.17, 15) is 14.4 Å². The quantitative estimate of drug-likeness (QED) is 0.427. The second-order valence-electron chi connectivity index (χ2n) is 9.43. The Morgan fingerprint density at radius 1 is 1.05 bits per heavy atom. The normalized spacial score (nSPS) is 12.7. The van der Waals surface area contributed by atoms with Gasteiger partial charge in [0.05, 0.1) is 13.7 Å². The Hall–Kier alpha value is -3.63. The molecule has 37 heavy (non-hydrogen) atoms. The fourth-order valence-corrected chi connectivity index (χ4v) is 4.07. The number of methoxy groups -OCH3 is 1. The Kier molecular flexibility index (Phi) is 9.87. The van der Waals surface area contributed by atoms with Gasteiger partial charge in [-0.1, -0.05) is 44.2 Å². The molecule has 1 aliphatic rings. The van der Waals surface area contributed by atoms with Crippen molar-refractivity contribution in [1.82, 2.24) is 20.2 Å². The van der Waals surface area contributed by atoms with Crippen LogP contribution in [0.4, 0.5) is 16.2 Å². The average Bonchev–Trinajstić information content (AvgIpc) is 3.31. The summed E-state index contributed by atoms with van der Waals surface area (Å²) < 4.78 is 4.64. The van der Waals surface area contributed by atoms with Crippen LogP contribution < -0.4 is 16.0 Å². The molecule has 200 valence electrons. The highest BCUT2D eigenvalue weighted by Gasteiger charge is 2.27. The highest BCUT2D eigenvalue weighted by molar-refractivity contribution is 5.88. The van der Waals surface area contributed by atoms with Gasteiger partial charge < -0.3 is 20.3 Å². The fraction of sp³-hybridized carbons (Fsp3) is 0.444. The maximum atomic E-state index is 13.2. The first kappa shape index (κ1) is 27.9. The number of hydrogen-bond acceptors (Lipinski definition) is 7. The fourth-order valence-electron chi connectivity index (χ4n) is 4.07. The molecule has 0 radical (unpaired) electrons. The summed E-state index contributed by atoms with van der Waals surface area (Å²) in [5.41, 5.74) is 4.59. The van der Waals surface area contributed by atoms with Gasteiger partial charge in [0.1, 0.15) is 6.54 Å². The maximum Gasteiger partial charge on any atom is 0.411 e. The molecule has 1 aliphatic heterocycles. The predicted octanol–water partition coefficient (Wildman–Crippen LogP) is 2.80. The molecule has 1 heterocycles. The molecule has 0 atom stereocenters. The van der Waals surface area contributed by atoms with Crippen LogP contribution in [0.3, 0.4) is 0 Å². The summed E-state index contributed by atoms with van der Waals surface area (Å²) in [6, 6.07) is 13.8. The van der Waals surface area contributed by atoms with Gasteiger partial charge in [-0.05, 0) is 35.7 Å². The zero-order valence-electron chi connectivity index (χ0n) is 22.3. The number of amides is 3. The van der Waals surface area contributed by atoms with Crippen molar-refractivity contribution in [3.63, 3.8) is 0 Å². The zero-order chi connectivity index (χ0) is 26.9. The number of carbonyl (C=O) groups is 3. The summed E-state index contributed by atoms with van der Waals surface area (Å²) in [5.74, 6) is -0.339. The lowest BCUT2D eigenvalue weighted by Crippen LogP contribution is -2.49. The smallest absolute Gasteiger partial charge is 0.411 e. The number of hydrazine groups is 1. The van der Waals surface area contributed by atoms with Crippen LogP contribution in [0.1, 0.15) is 30.5 Å². The molecule has 2 aromatic carbocycles. The highest BCUT2D eigenvalue weighted by atomic mass is 16.5. The second kappa shape index (κ2) is 13.1. The van der Waals surface area contributed by atoms with Gasteiger partial charge in [0.2, 0.25) is 5.91 Å². The molecule has 0 fully saturated rings. The van der Waals surface area contributed by atoms with Crippen molar-refractivity contribution in [3.05, 3.63) is 59.2 Å². The van der Waals surface area contributed by atoms with E-state index in [1.165, 1.54) is 18.2 Å². The number of nitrogens with zero attached hydrogens (tertiary/aromatic N) is 3. The van der Waals surface area contributed by atoms with Crippen molar-refractivity contribution in [1.29, 1.82) is 0 Å². The Labute approximate surface area is 218 Å². The van der Waals surface area contributed by atoms with Gasteiger partial charge >= 0.3 is 6.09 Å². The molecule has 0 saturated carbocycles. The first-order chi connectivity index (χ1) is 17.7. The number of nitrogens with one attached hydrogen (secondary N) is 3. The van der Waals surface area contributed by atoms with Crippen molar-refractivity contribution in [3.8, 4) is 0 Å². The van der Waals surface area contributed by atoms with Crippen LogP contribution in [0.2, 0.25) is 0 Å². The maximum absolute atomic E-state index is 13.2. The summed E-state index contributed by atoms with van der Waals surface area (Å²) in [4.78, 5) is 39.5. The summed E-state index contributed by atoms with van der Waals surface area (Å²) in [5, 5.41) is 12.7. The largest absolute Gasteiger partial charge is 0.453 e. The van der Waals surface area contributed by atoms with Crippen LogP contribution >= 0.6 is 0 Å². The zero-order valence-corrected chi connectivity index (χ0v) is 22.3. The van der Waals surface area contributed by atoms with Crippen molar-refractivity contribution in [2.75, 3.05) is 51.0 Å². The van der Waals surface area contributed by atoms with Gasteiger partial charge in [0.15, 0.2) is 0 Å². The molecule has 0 bridgehead atoms. The number of likely N-dealkylation sites (N-methyl/N-ethyl adjacent to an activating group) is 1. The summed E-state index contributed by atoms with van der Waals surface area (Å²) in [7, 11) is 3.05. The molecule has 2 aromatic rings. The summed E-state index contributed by atoms with van der Waals surface area (Å²) in [6.45, 7) is 8.28. The molecular weight excluding hydrogens is 472 g/mol. The average molecular weight is 511 g/mol.